The highest BCUT2D eigenvalue weighted by atomic mass is 35.5. The second-order valence-corrected chi connectivity index (χ2v) is 5.24. The largest absolute Gasteiger partial charge is 0.396 e. The Hall–Kier alpha value is -1.96. The zero-order chi connectivity index (χ0) is 17.1. The summed E-state index contributed by atoms with van der Waals surface area (Å²) in [5.41, 5.74) is 6.72. The van der Waals surface area contributed by atoms with Gasteiger partial charge >= 0.3 is 0 Å². The molecule has 0 saturated carbocycles. The summed E-state index contributed by atoms with van der Waals surface area (Å²) >= 11 is 17.3. The van der Waals surface area contributed by atoms with Gasteiger partial charge in [-0.25, -0.2) is 19.2 Å². The average Bonchev–Trinajstić information content (AvgIpc) is 2.51. The molecule has 0 bridgehead atoms. The number of nitrogen functional groups attached to an aromatic ring is 1. The van der Waals surface area contributed by atoms with Gasteiger partial charge in [0, 0.05) is 0 Å². The van der Waals surface area contributed by atoms with Gasteiger partial charge in [0.05, 0.1) is 22.5 Å². The van der Waals surface area contributed by atoms with Crippen LogP contribution in [0, 0.1) is 11.6 Å². The maximum absolute atomic E-state index is 13.4. The summed E-state index contributed by atoms with van der Waals surface area (Å²) < 4.78 is 26.8. The highest BCUT2D eigenvalue weighted by Crippen LogP contribution is 2.34. The van der Waals surface area contributed by atoms with Crippen molar-refractivity contribution in [2.45, 2.75) is 0 Å². The van der Waals surface area contributed by atoms with Crippen molar-refractivity contribution in [3.05, 3.63) is 56.3 Å². The summed E-state index contributed by atoms with van der Waals surface area (Å²) in [4.78, 5) is 15.6. The van der Waals surface area contributed by atoms with Gasteiger partial charge in [-0.05, 0) is 12.1 Å². The number of halogens is 5. The molecule has 2 aromatic rings. The van der Waals surface area contributed by atoms with Crippen LogP contribution in [0.15, 0.2) is 23.3 Å². The number of hydrazone groups is 1. The van der Waals surface area contributed by atoms with E-state index < -0.39 is 23.1 Å². The zero-order valence-electron chi connectivity index (χ0n) is 11.1. The lowest BCUT2D eigenvalue weighted by Gasteiger charge is -2.07. The minimum absolute atomic E-state index is 0.0925. The van der Waals surface area contributed by atoms with E-state index in [4.69, 9.17) is 40.5 Å². The van der Waals surface area contributed by atoms with Crippen molar-refractivity contribution in [2.24, 2.45) is 5.10 Å². The summed E-state index contributed by atoms with van der Waals surface area (Å²) in [6.45, 7) is 0. The topological polar surface area (TPSA) is 80.4 Å². The molecule has 0 atom stereocenters. The quantitative estimate of drug-likeness (QED) is 0.485. The van der Waals surface area contributed by atoms with Crippen LogP contribution in [0.25, 0.3) is 0 Å². The van der Waals surface area contributed by atoms with Crippen LogP contribution in [0.5, 0.6) is 0 Å². The van der Waals surface area contributed by atoms with Crippen LogP contribution < -0.4 is 11.2 Å². The van der Waals surface area contributed by atoms with Crippen LogP contribution in [0.4, 0.5) is 14.5 Å². The number of hydrogen-bond acceptors (Lipinski definition) is 4. The zero-order valence-corrected chi connectivity index (χ0v) is 13.3. The molecular formula is C13H7Cl3F2N4O. The number of nitrogens with zero attached hydrogens (tertiary/aromatic N) is 2. The summed E-state index contributed by atoms with van der Waals surface area (Å²) in [5.74, 6) is -2.55. The summed E-state index contributed by atoms with van der Waals surface area (Å²) in [6, 6.07) is 3.29. The number of benzene rings is 1. The van der Waals surface area contributed by atoms with E-state index in [9.17, 15) is 13.6 Å². The molecule has 0 radical (unpaired) electrons. The van der Waals surface area contributed by atoms with Gasteiger partial charge in [-0.1, -0.05) is 40.9 Å². The van der Waals surface area contributed by atoms with Gasteiger partial charge in [0.15, 0.2) is 10.8 Å². The van der Waals surface area contributed by atoms with E-state index in [1.807, 2.05) is 5.43 Å². The maximum atomic E-state index is 13.4. The molecule has 1 aromatic heterocycles. The molecule has 0 aliphatic heterocycles. The Labute approximate surface area is 144 Å². The molecule has 0 fully saturated rings. The lowest BCUT2D eigenvalue weighted by molar-refractivity contribution is 0.0950. The Balaban J connectivity index is 2.22. The first-order valence-corrected chi connectivity index (χ1v) is 7.03. The number of pyridine rings is 1. The van der Waals surface area contributed by atoms with Crippen molar-refractivity contribution in [1.29, 1.82) is 0 Å². The Morgan fingerprint density at radius 2 is 1.83 bits per heavy atom. The van der Waals surface area contributed by atoms with Gasteiger partial charge in [0.1, 0.15) is 16.7 Å². The van der Waals surface area contributed by atoms with Crippen molar-refractivity contribution in [3.8, 4) is 0 Å². The third-order valence-electron chi connectivity index (χ3n) is 2.65. The molecule has 1 heterocycles. The molecule has 0 unspecified atom stereocenters. The van der Waals surface area contributed by atoms with Crippen LogP contribution in [-0.2, 0) is 0 Å². The smallest absolute Gasteiger partial charge is 0.291 e. The first kappa shape index (κ1) is 17.4. The molecule has 5 nitrogen and oxygen atoms in total. The number of aromatic nitrogens is 1. The molecule has 10 heteroatoms. The first-order valence-electron chi connectivity index (χ1n) is 5.90. The van der Waals surface area contributed by atoms with E-state index in [-0.39, 0.29) is 26.6 Å². The SMILES string of the molecule is Nc1c(Cl)c(Cl)nc(C(=O)NN=Cc2c(F)cccc2F)c1Cl. The third-order valence-corrected chi connectivity index (χ3v) is 3.78. The molecular weight excluding hydrogens is 373 g/mol. The minimum atomic E-state index is -0.881. The van der Waals surface area contributed by atoms with E-state index in [1.165, 1.54) is 6.07 Å². The molecule has 120 valence electrons. The second-order valence-electron chi connectivity index (χ2n) is 4.13. The fourth-order valence-corrected chi connectivity index (χ4v) is 2.12. The first-order chi connectivity index (χ1) is 10.8. The Morgan fingerprint density at radius 1 is 1.22 bits per heavy atom. The fraction of sp³-hybridized carbons (Fsp3) is 0. The number of rotatable bonds is 3. The number of hydrogen-bond donors (Lipinski definition) is 2. The second kappa shape index (κ2) is 7.08. The van der Waals surface area contributed by atoms with Gasteiger partial charge in [-0.3, -0.25) is 4.79 Å². The summed E-state index contributed by atoms with van der Waals surface area (Å²) in [5, 5.41) is 2.91. The number of nitrogens with two attached hydrogens (primary N) is 1. The predicted octanol–water partition coefficient (Wildman–Crippen LogP) is 3.67. The fourth-order valence-electron chi connectivity index (χ4n) is 1.52. The number of nitrogens with one attached hydrogen (secondary N) is 1. The van der Waals surface area contributed by atoms with Crippen molar-refractivity contribution in [3.63, 3.8) is 0 Å². The molecule has 1 aromatic carbocycles. The average molecular weight is 380 g/mol. The predicted molar refractivity (Wildman–Crippen MR) is 85.1 cm³/mol. The van der Waals surface area contributed by atoms with E-state index in [1.54, 1.807) is 0 Å². The van der Waals surface area contributed by atoms with Crippen molar-refractivity contribution < 1.29 is 13.6 Å². The standard InChI is InChI=1S/C13H7Cl3F2N4O/c14-8-10(19)9(15)12(16)21-11(8)13(23)22-20-4-5-6(17)2-1-3-7(5)18/h1-4H,(H2,19,21)(H,22,23). The van der Waals surface area contributed by atoms with Crippen LogP contribution in [0.3, 0.4) is 0 Å². The van der Waals surface area contributed by atoms with Crippen LogP contribution in [0.1, 0.15) is 16.1 Å². The third kappa shape index (κ3) is 3.69. The van der Waals surface area contributed by atoms with Crippen molar-refractivity contribution in [1.82, 2.24) is 10.4 Å². The van der Waals surface area contributed by atoms with Gasteiger partial charge < -0.3 is 5.73 Å². The molecule has 0 aliphatic carbocycles. The van der Waals surface area contributed by atoms with Gasteiger partial charge in [-0.2, -0.15) is 5.10 Å². The van der Waals surface area contributed by atoms with Gasteiger partial charge in [0.2, 0.25) is 0 Å². The van der Waals surface area contributed by atoms with Crippen LogP contribution in [-0.4, -0.2) is 17.1 Å². The summed E-state index contributed by atoms with van der Waals surface area (Å²) in [7, 11) is 0. The normalized spacial score (nSPS) is 11.0. The highest BCUT2D eigenvalue weighted by Gasteiger charge is 2.19. The van der Waals surface area contributed by atoms with Crippen molar-refractivity contribution >= 4 is 52.6 Å². The lowest BCUT2D eigenvalue weighted by Crippen LogP contribution is -2.20. The Bertz CT molecular complexity index is 794. The van der Waals surface area contributed by atoms with Gasteiger partial charge in [0.25, 0.3) is 5.91 Å². The molecule has 23 heavy (non-hydrogen) atoms. The number of carbonyl (C=O) groups excluding carboxylic acids is 1. The minimum Gasteiger partial charge on any atom is -0.396 e. The van der Waals surface area contributed by atoms with Crippen LogP contribution in [0.2, 0.25) is 15.2 Å². The Morgan fingerprint density at radius 3 is 2.43 bits per heavy atom. The van der Waals surface area contributed by atoms with Crippen LogP contribution >= 0.6 is 34.8 Å². The molecule has 0 saturated heterocycles. The van der Waals surface area contributed by atoms with Gasteiger partial charge in [-0.15, -0.1) is 0 Å². The van der Waals surface area contributed by atoms with E-state index in [2.05, 4.69) is 10.1 Å². The van der Waals surface area contributed by atoms with E-state index in [0.29, 0.717) is 0 Å². The maximum Gasteiger partial charge on any atom is 0.291 e. The molecule has 1 amide bonds. The monoisotopic (exact) mass is 378 g/mol. The molecule has 2 rings (SSSR count). The Kier molecular flexibility index (Phi) is 5.35. The number of anilines is 1. The number of amides is 1. The lowest BCUT2D eigenvalue weighted by atomic mass is 10.2. The van der Waals surface area contributed by atoms with Crippen molar-refractivity contribution in [2.75, 3.05) is 5.73 Å². The molecule has 3 N–H and O–H groups in total. The number of carbonyl (C=O) groups is 1. The molecule has 0 aliphatic rings. The highest BCUT2D eigenvalue weighted by molar-refractivity contribution is 6.46. The van der Waals surface area contributed by atoms with E-state index >= 15 is 0 Å². The summed E-state index contributed by atoms with van der Waals surface area (Å²) in [6.07, 6.45) is 0.803. The molecule has 0 spiro atoms. The van der Waals surface area contributed by atoms with E-state index in [0.717, 1.165) is 18.3 Å².